The maximum atomic E-state index is 5.66. The summed E-state index contributed by atoms with van der Waals surface area (Å²) in [5.74, 6) is 0. The Kier molecular flexibility index (Phi) is 4.37. The molecule has 1 aromatic carbocycles. The van der Waals surface area contributed by atoms with Crippen LogP contribution < -0.4 is 5.48 Å². The molecule has 0 aliphatic heterocycles. The Labute approximate surface area is 98.0 Å². The summed E-state index contributed by atoms with van der Waals surface area (Å²) in [4.78, 5) is 5.66. The molecule has 1 aromatic rings. The SMILES string of the molecule is CCc1ccccc1CNOC1CCCC1. The van der Waals surface area contributed by atoms with Crippen molar-refractivity contribution in [2.24, 2.45) is 0 Å². The van der Waals surface area contributed by atoms with Gasteiger partial charge in [-0.3, -0.25) is 4.84 Å². The van der Waals surface area contributed by atoms with Gasteiger partial charge in [0.2, 0.25) is 0 Å². The molecule has 0 bridgehead atoms. The number of hydrogen-bond donors (Lipinski definition) is 1. The number of hydroxylamine groups is 1. The van der Waals surface area contributed by atoms with Crippen LogP contribution in [0.2, 0.25) is 0 Å². The van der Waals surface area contributed by atoms with Crippen LogP contribution in [0.4, 0.5) is 0 Å². The molecule has 88 valence electrons. The van der Waals surface area contributed by atoms with E-state index < -0.39 is 0 Å². The number of rotatable bonds is 5. The summed E-state index contributed by atoms with van der Waals surface area (Å²) >= 11 is 0. The third-order valence-electron chi connectivity index (χ3n) is 3.31. The minimum atomic E-state index is 0.439. The molecule has 0 saturated heterocycles. The zero-order valence-electron chi connectivity index (χ0n) is 10.0. The molecule has 0 spiro atoms. The van der Waals surface area contributed by atoms with E-state index in [1.807, 2.05) is 0 Å². The molecule has 0 atom stereocenters. The van der Waals surface area contributed by atoms with E-state index in [2.05, 4.69) is 36.7 Å². The second-order valence-electron chi connectivity index (χ2n) is 4.47. The smallest absolute Gasteiger partial charge is 0.0790 e. The van der Waals surface area contributed by atoms with Gasteiger partial charge in [-0.15, -0.1) is 0 Å². The van der Waals surface area contributed by atoms with Crippen LogP contribution in [0.5, 0.6) is 0 Å². The number of benzene rings is 1. The van der Waals surface area contributed by atoms with Gasteiger partial charge in [0, 0.05) is 6.54 Å². The van der Waals surface area contributed by atoms with Crippen LogP contribution in [0.15, 0.2) is 24.3 Å². The van der Waals surface area contributed by atoms with Crippen molar-refractivity contribution in [1.82, 2.24) is 5.48 Å². The van der Waals surface area contributed by atoms with Crippen molar-refractivity contribution in [3.63, 3.8) is 0 Å². The third-order valence-corrected chi connectivity index (χ3v) is 3.31. The highest BCUT2D eigenvalue weighted by molar-refractivity contribution is 5.26. The van der Waals surface area contributed by atoms with Crippen LogP contribution in [0.1, 0.15) is 43.7 Å². The van der Waals surface area contributed by atoms with Gasteiger partial charge < -0.3 is 0 Å². The van der Waals surface area contributed by atoms with Crippen LogP contribution in [-0.2, 0) is 17.8 Å². The predicted molar refractivity (Wildman–Crippen MR) is 66.0 cm³/mol. The lowest BCUT2D eigenvalue weighted by atomic mass is 10.1. The Bertz CT molecular complexity index is 318. The molecule has 16 heavy (non-hydrogen) atoms. The van der Waals surface area contributed by atoms with Crippen LogP contribution in [0, 0.1) is 0 Å². The molecule has 2 nitrogen and oxygen atoms in total. The molecule has 1 aliphatic rings. The summed E-state index contributed by atoms with van der Waals surface area (Å²) in [6, 6.07) is 8.54. The van der Waals surface area contributed by atoms with E-state index in [1.54, 1.807) is 0 Å². The molecule has 2 heteroatoms. The van der Waals surface area contributed by atoms with Gasteiger partial charge >= 0.3 is 0 Å². The molecule has 1 fully saturated rings. The predicted octanol–water partition coefficient (Wildman–Crippen LogP) is 3.21. The fourth-order valence-electron chi connectivity index (χ4n) is 2.32. The van der Waals surface area contributed by atoms with Crippen molar-refractivity contribution in [3.05, 3.63) is 35.4 Å². The summed E-state index contributed by atoms with van der Waals surface area (Å²) in [5, 5.41) is 0. The van der Waals surface area contributed by atoms with Crippen molar-refractivity contribution < 1.29 is 4.84 Å². The van der Waals surface area contributed by atoms with Gasteiger partial charge in [0.05, 0.1) is 6.10 Å². The maximum absolute atomic E-state index is 5.66. The molecule has 1 N–H and O–H groups in total. The van der Waals surface area contributed by atoms with Crippen molar-refractivity contribution in [2.75, 3.05) is 0 Å². The minimum Gasteiger partial charge on any atom is -0.298 e. The molecule has 0 amide bonds. The van der Waals surface area contributed by atoms with E-state index >= 15 is 0 Å². The summed E-state index contributed by atoms with van der Waals surface area (Å²) < 4.78 is 0. The minimum absolute atomic E-state index is 0.439. The Morgan fingerprint density at radius 3 is 2.56 bits per heavy atom. The van der Waals surface area contributed by atoms with Crippen molar-refractivity contribution in [3.8, 4) is 0 Å². The van der Waals surface area contributed by atoms with E-state index in [-0.39, 0.29) is 0 Å². The number of aryl methyl sites for hydroxylation is 1. The monoisotopic (exact) mass is 219 g/mol. The van der Waals surface area contributed by atoms with Gasteiger partial charge in [-0.05, 0) is 30.4 Å². The average Bonchev–Trinajstić information content (AvgIpc) is 2.83. The lowest BCUT2D eigenvalue weighted by Gasteiger charge is -2.13. The Morgan fingerprint density at radius 1 is 1.19 bits per heavy atom. The second-order valence-corrected chi connectivity index (χ2v) is 4.47. The number of nitrogens with one attached hydrogen (secondary N) is 1. The first-order valence-corrected chi connectivity index (χ1v) is 6.35. The highest BCUT2D eigenvalue weighted by atomic mass is 16.7. The number of hydrogen-bond acceptors (Lipinski definition) is 2. The van der Waals surface area contributed by atoms with Gasteiger partial charge in [-0.1, -0.05) is 44.0 Å². The normalized spacial score (nSPS) is 16.8. The molecular weight excluding hydrogens is 198 g/mol. The fraction of sp³-hybridized carbons (Fsp3) is 0.571. The van der Waals surface area contributed by atoms with Gasteiger partial charge in [-0.2, -0.15) is 5.48 Å². The molecule has 0 heterocycles. The van der Waals surface area contributed by atoms with Gasteiger partial charge in [0.25, 0.3) is 0 Å². The van der Waals surface area contributed by atoms with Crippen molar-refractivity contribution in [2.45, 2.75) is 51.7 Å². The van der Waals surface area contributed by atoms with E-state index in [4.69, 9.17) is 4.84 Å². The topological polar surface area (TPSA) is 21.3 Å². The zero-order chi connectivity index (χ0) is 11.2. The molecular formula is C14H21NO. The Morgan fingerprint density at radius 2 is 1.88 bits per heavy atom. The van der Waals surface area contributed by atoms with Gasteiger partial charge in [-0.25, -0.2) is 0 Å². The molecule has 0 radical (unpaired) electrons. The van der Waals surface area contributed by atoms with E-state index in [9.17, 15) is 0 Å². The van der Waals surface area contributed by atoms with Gasteiger partial charge in [0.1, 0.15) is 0 Å². The summed E-state index contributed by atoms with van der Waals surface area (Å²) in [5.41, 5.74) is 5.88. The molecule has 1 aliphatic carbocycles. The lowest BCUT2D eigenvalue weighted by molar-refractivity contribution is -0.0245. The fourth-order valence-corrected chi connectivity index (χ4v) is 2.32. The van der Waals surface area contributed by atoms with E-state index in [1.165, 1.54) is 36.8 Å². The molecule has 1 saturated carbocycles. The summed E-state index contributed by atoms with van der Waals surface area (Å²) in [7, 11) is 0. The highest BCUT2D eigenvalue weighted by Crippen LogP contribution is 2.20. The van der Waals surface area contributed by atoms with Crippen LogP contribution in [0.3, 0.4) is 0 Å². The highest BCUT2D eigenvalue weighted by Gasteiger charge is 2.15. The molecule has 0 unspecified atom stereocenters. The zero-order valence-corrected chi connectivity index (χ0v) is 10.0. The standard InChI is InChI=1S/C14H21NO/c1-2-12-7-3-4-8-13(12)11-15-16-14-9-5-6-10-14/h3-4,7-8,14-15H,2,5-6,9-11H2,1H3. The lowest BCUT2D eigenvalue weighted by Crippen LogP contribution is -2.21. The first-order valence-electron chi connectivity index (χ1n) is 6.35. The second kappa shape index (κ2) is 6.02. The maximum Gasteiger partial charge on any atom is 0.0790 e. The summed E-state index contributed by atoms with van der Waals surface area (Å²) in [6.07, 6.45) is 6.58. The molecule has 2 rings (SSSR count). The van der Waals surface area contributed by atoms with E-state index in [0.717, 1.165) is 13.0 Å². The van der Waals surface area contributed by atoms with Crippen LogP contribution >= 0.6 is 0 Å². The van der Waals surface area contributed by atoms with Gasteiger partial charge in [0.15, 0.2) is 0 Å². The van der Waals surface area contributed by atoms with Crippen LogP contribution in [-0.4, -0.2) is 6.10 Å². The Balaban J connectivity index is 1.79. The largest absolute Gasteiger partial charge is 0.298 e. The first kappa shape index (κ1) is 11.6. The Hall–Kier alpha value is -0.860. The van der Waals surface area contributed by atoms with Crippen molar-refractivity contribution in [1.29, 1.82) is 0 Å². The summed E-state index contributed by atoms with van der Waals surface area (Å²) in [6.45, 7) is 3.01. The van der Waals surface area contributed by atoms with Crippen molar-refractivity contribution >= 4 is 0 Å². The van der Waals surface area contributed by atoms with Crippen LogP contribution in [0.25, 0.3) is 0 Å². The van der Waals surface area contributed by atoms with E-state index in [0.29, 0.717) is 6.10 Å². The first-order chi connectivity index (χ1) is 7.90. The third kappa shape index (κ3) is 3.06. The average molecular weight is 219 g/mol. The quantitative estimate of drug-likeness (QED) is 0.768. The molecule has 0 aromatic heterocycles.